The van der Waals surface area contributed by atoms with E-state index in [1.807, 2.05) is 24.3 Å². The Kier molecular flexibility index (Phi) is 10.6. The molecule has 0 saturated carbocycles. The highest BCUT2D eigenvalue weighted by atomic mass is 35.5. The zero-order chi connectivity index (χ0) is 26.8. The molecule has 2 aromatic rings. The van der Waals surface area contributed by atoms with Gasteiger partial charge in [0.15, 0.2) is 0 Å². The molecule has 1 aliphatic rings. The van der Waals surface area contributed by atoms with E-state index >= 15 is 0 Å². The van der Waals surface area contributed by atoms with Gasteiger partial charge >= 0.3 is 11.9 Å². The Morgan fingerprint density at radius 3 is 2.35 bits per heavy atom. The van der Waals surface area contributed by atoms with Gasteiger partial charge in [-0.2, -0.15) is 10.0 Å². The lowest BCUT2D eigenvalue weighted by atomic mass is 10.1. The van der Waals surface area contributed by atoms with Gasteiger partial charge in [-0.3, -0.25) is 9.00 Å². The molecule has 0 spiro atoms. The number of β-lactam (4-membered cyclic amide) rings is 1. The van der Waals surface area contributed by atoms with Crippen molar-refractivity contribution in [1.82, 2.24) is 5.43 Å². The lowest BCUT2D eigenvalue weighted by Gasteiger charge is -2.45. The van der Waals surface area contributed by atoms with Gasteiger partial charge in [0.1, 0.15) is 19.7 Å². The number of amides is 2. The van der Waals surface area contributed by atoms with E-state index in [-0.39, 0.29) is 28.8 Å². The van der Waals surface area contributed by atoms with Crippen LogP contribution >= 0.6 is 11.6 Å². The molecule has 1 saturated heterocycles. The van der Waals surface area contributed by atoms with Gasteiger partial charge in [0.05, 0.1) is 5.56 Å². The molecule has 0 radical (unpaired) electrons. The number of quaternary nitrogens is 1. The first-order chi connectivity index (χ1) is 17.7. The first-order valence-electron chi connectivity index (χ1n) is 12.4. The van der Waals surface area contributed by atoms with Gasteiger partial charge in [0.2, 0.25) is 5.25 Å². The number of ether oxygens (including phenoxy) is 1. The monoisotopic (exact) mass is 545 g/mol. The summed E-state index contributed by atoms with van der Waals surface area (Å²) in [6.45, 7) is 5.85. The lowest BCUT2D eigenvalue weighted by Crippen LogP contribution is -2.78. The molecule has 1 fully saturated rings. The number of likely N-dealkylation sites (tertiary alicyclic amines) is 1. The average molecular weight is 546 g/mol. The summed E-state index contributed by atoms with van der Waals surface area (Å²) < 4.78 is 17.8. The molecule has 198 valence electrons. The largest absolute Gasteiger partial charge is 0.458 e. The minimum Gasteiger partial charge on any atom is -0.458 e. The summed E-state index contributed by atoms with van der Waals surface area (Å²) >= 11 is 5.93. The number of nitrogens with zero attached hydrogens (tertiary/aromatic N) is 1. The minimum atomic E-state index is -1.43. The number of hydrogen-bond acceptors (Lipinski definition) is 5. The topological polar surface area (TPSA) is 89.5 Å². The third-order valence-electron chi connectivity index (χ3n) is 6.36. The Balaban J connectivity index is 1.47. The van der Waals surface area contributed by atoms with Crippen molar-refractivity contribution < 1.29 is 27.9 Å². The first kappa shape index (κ1) is 28.8. The molecule has 2 amide bonds. The molecule has 0 aromatic heterocycles. The Labute approximate surface area is 225 Å². The predicted octanol–water partition coefficient (Wildman–Crippen LogP) is 4.51. The summed E-state index contributed by atoms with van der Waals surface area (Å²) in [5.41, 5.74) is 5.20. The molecule has 37 heavy (non-hydrogen) atoms. The quantitative estimate of drug-likeness (QED) is 0.124. The maximum Gasteiger partial charge on any atom is 0.359 e. The van der Waals surface area contributed by atoms with Crippen molar-refractivity contribution in [3.8, 4) is 0 Å². The van der Waals surface area contributed by atoms with Crippen molar-refractivity contribution in [2.75, 3.05) is 19.7 Å². The van der Waals surface area contributed by atoms with Crippen LogP contribution in [0.2, 0.25) is 5.02 Å². The summed E-state index contributed by atoms with van der Waals surface area (Å²) in [6.07, 6.45) is 6.25. The van der Waals surface area contributed by atoms with E-state index < -0.39 is 22.0 Å². The fraction of sp³-hybridized carbons (Fsp3) is 0.393. The third kappa shape index (κ3) is 8.09. The zero-order valence-corrected chi connectivity index (χ0v) is 22.7. The van der Waals surface area contributed by atoms with Gasteiger partial charge in [0.25, 0.3) is 5.91 Å². The molecule has 3 atom stereocenters. The first-order valence-corrected chi connectivity index (χ1v) is 14.2. The number of esters is 1. The van der Waals surface area contributed by atoms with E-state index in [1.54, 1.807) is 24.3 Å². The number of unbranched alkanes of at least 4 members (excludes halogenated alkanes) is 3. The van der Waals surface area contributed by atoms with Crippen molar-refractivity contribution in [1.29, 1.82) is 0 Å². The van der Waals surface area contributed by atoms with Crippen LogP contribution in [0.5, 0.6) is 0 Å². The Bertz CT molecular complexity index is 1140. The van der Waals surface area contributed by atoms with Crippen LogP contribution in [0.1, 0.15) is 54.1 Å². The SMILES string of the molecule is C=CCOC(=O)c1ccc(CS(=O)C2C[N+](CCCCCCc3ccc(Cl)cc3)(NC(C)=O)C2=O)cc1. The van der Waals surface area contributed by atoms with E-state index in [4.69, 9.17) is 16.3 Å². The van der Waals surface area contributed by atoms with E-state index in [2.05, 4.69) is 12.0 Å². The molecule has 9 heteroatoms. The fourth-order valence-corrected chi connectivity index (χ4v) is 6.10. The third-order valence-corrected chi connectivity index (χ3v) is 8.22. The number of carbonyl (C=O) groups is 3. The van der Waals surface area contributed by atoms with Gasteiger partial charge in [-0.1, -0.05) is 54.9 Å². The number of carbonyl (C=O) groups excluding carboxylic acids is 3. The van der Waals surface area contributed by atoms with Crippen LogP contribution in [0.3, 0.4) is 0 Å². The second-order valence-electron chi connectivity index (χ2n) is 9.27. The van der Waals surface area contributed by atoms with Crippen molar-refractivity contribution in [3.63, 3.8) is 0 Å². The number of halogens is 1. The van der Waals surface area contributed by atoms with Crippen molar-refractivity contribution in [3.05, 3.63) is 82.9 Å². The van der Waals surface area contributed by atoms with Crippen LogP contribution in [0.4, 0.5) is 0 Å². The summed E-state index contributed by atoms with van der Waals surface area (Å²) in [4.78, 5) is 36.8. The van der Waals surface area contributed by atoms with E-state index in [0.717, 1.165) is 42.7 Å². The Hall–Kier alpha value is -2.81. The van der Waals surface area contributed by atoms with Gasteiger partial charge in [-0.05, 0) is 61.1 Å². The maximum atomic E-state index is 13.1. The number of rotatable bonds is 14. The standard InChI is InChI=1S/C28H33ClN2O5S/c1-3-18-36-28(34)24-13-9-23(10-14-24)20-37(35)26-19-31(27(26)33,30-21(2)32)17-7-5-4-6-8-22-11-15-25(29)16-12-22/h3,9-16,26H,1,4-8,17-20H2,2H3/p+1. The lowest BCUT2D eigenvalue weighted by molar-refractivity contribution is -0.912. The fourth-order valence-electron chi connectivity index (χ4n) is 4.40. The smallest absolute Gasteiger partial charge is 0.359 e. The van der Waals surface area contributed by atoms with Crippen LogP contribution in [-0.2, 0) is 37.3 Å². The van der Waals surface area contributed by atoms with E-state index in [0.29, 0.717) is 18.7 Å². The van der Waals surface area contributed by atoms with E-state index in [9.17, 15) is 18.6 Å². The molecule has 7 nitrogen and oxygen atoms in total. The summed E-state index contributed by atoms with van der Waals surface area (Å²) in [5.74, 6) is -0.744. The summed E-state index contributed by atoms with van der Waals surface area (Å²) in [5, 5.41) is 0.0996. The number of aryl methyl sites for hydroxylation is 1. The molecule has 1 aliphatic heterocycles. The summed E-state index contributed by atoms with van der Waals surface area (Å²) in [6, 6.07) is 14.5. The van der Waals surface area contributed by atoms with Gasteiger partial charge in [0, 0.05) is 28.5 Å². The van der Waals surface area contributed by atoms with Crippen LogP contribution < -0.4 is 5.43 Å². The molecule has 0 aliphatic carbocycles. The van der Waals surface area contributed by atoms with Gasteiger partial charge in [-0.25, -0.2) is 9.59 Å². The number of hydrogen-bond donors (Lipinski definition) is 1. The van der Waals surface area contributed by atoms with Gasteiger partial charge < -0.3 is 4.74 Å². The number of benzene rings is 2. The maximum absolute atomic E-state index is 13.1. The molecular weight excluding hydrogens is 512 g/mol. The Morgan fingerprint density at radius 2 is 1.73 bits per heavy atom. The van der Waals surface area contributed by atoms with Crippen molar-refractivity contribution in [2.45, 2.75) is 50.0 Å². The zero-order valence-electron chi connectivity index (χ0n) is 21.1. The predicted molar refractivity (Wildman–Crippen MR) is 145 cm³/mol. The molecule has 3 rings (SSSR count). The average Bonchev–Trinajstić information content (AvgIpc) is 2.88. The van der Waals surface area contributed by atoms with Gasteiger partial charge in [-0.15, -0.1) is 0 Å². The Morgan fingerprint density at radius 1 is 1.08 bits per heavy atom. The second kappa shape index (κ2) is 13.7. The second-order valence-corrected chi connectivity index (χ2v) is 11.3. The van der Waals surface area contributed by atoms with Crippen LogP contribution in [0, 0.1) is 0 Å². The van der Waals surface area contributed by atoms with E-state index in [1.165, 1.54) is 18.6 Å². The van der Waals surface area contributed by atoms with Crippen LogP contribution in [0.15, 0.2) is 61.2 Å². The van der Waals surface area contributed by atoms with Crippen LogP contribution in [0.25, 0.3) is 0 Å². The molecule has 2 aromatic carbocycles. The van der Waals surface area contributed by atoms with Crippen molar-refractivity contribution in [2.24, 2.45) is 0 Å². The van der Waals surface area contributed by atoms with Crippen LogP contribution in [-0.4, -0.2) is 51.5 Å². The van der Waals surface area contributed by atoms with Crippen molar-refractivity contribution >= 4 is 40.2 Å². The molecule has 3 unspecified atom stereocenters. The summed E-state index contributed by atoms with van der Waals surface area (Å²) in [7, 11) is -1.43. The number of nitrogens with one attached hydrogen (secondary N) is 1. The molecule has 0 bridgehead atoms. The highest BCUT2D eigenvalue weighted by Crippen LogP contribution is 2.27. The highest BCUT2D eigenvalue weighted by molar-refractivity contribution is 7.85. The molecule has 1 N–H and O–H groups in total. The molecular formula is C28H34ClN2O5S+. The minimum absolute atomic E-state index is 0.131. The molecule has 1 heterocycles. The normalized spacial score (nSPS) is 19.5. The highest BCUT2D eigenvalue weighted by Gasteiger charge is 2.58.